The van der Waals surface area contributed by atoms with Gasteiger partial charge in [0.15, 0.2) is 0 Å². The number of hydrogen-bond donors (Lipinski definition) is 0. The molecule has 0 N–H and O–H groups in total. The molecule has 0 aliphatic heterocycles. The monoisotopic (exact) mass is 238 g/mol. The first-order valence-electron chi connectivity index (χ1n) is 5.02. The van der Waals surface area contributed by atoms with Crippen LogP contribution in [0.15, 0.2) is 0 Å². The molecule has 0 saturated carbocycles. The second-order valence-corrected chi connectivity index (χ2v) is 8.81. The molecule has 5 heteroatoms. The summed E-state index contributed by atoms with van der Waals surface area (Å²) in [5.74, 6) is 0. The molecule has 0 aromatic carbocycles. The molecule has 1 heterocycles. The van der Waals surface area contributed by atoms with Gasteiger partial charge in [0.1, 0.15) is 8.57 Å². The number of aryl methyl sites for hydroxylation is 1. The smallest absolute Gasteiger partial charge is 0.252 e. The quantitative estimate of drug-likeness (QED) is 0.687. The molecule has 0 saturated heterocycles. The highest BCUT2D eigenvalue weighted by atomic mass is 28.3. The molecule has 1 rings (SSSR count). The van der Waals surface area contributed by atoms with Crippen molar-refractivity contribution in [1.82, 2.24) is 9.19 Å². The maximum Gasteiger partial charge on any atom is 0.252 e. The molecule has 0 aliphatic carbocycles. The fourth-order valence-electron chi connectivity index (χ4n) is 1.49. The van der Waals surface area contributed by atoms with Crippen LogP contribution in [-0.2, 0) is 6.55 Å². The Morgan fingerprint density at radius 1 is 1.20 bits per heavy atom. The van der Waals surface area contributed by atoms with Gasteiger partial charge in [0.2, 0.25) is 5.53 Å². The van der Waals surface area contributed by atoms with Crippen LogP contribution in [-0.4, -0.2) is 46.0 Å². The van der Waals surface area contributed by atoms with Gasteiger partial charge in [-0.15, -0.1) is 0 Å². The van der Waals surface area contributed by atoms with Crippen molar-refractivity contribution in [2.45, 2.75) is 20.8 Å². The highest BCUT2D eigenvalue weighted by Gasteiger charge is 2.18. The third kappa shape index (κ3) is 2.28. The number of amides is 1. The van der Waals surface area contributed by atoms with Crippen LogP contribution < -0.4 is 0 Å². The maximum absolute atomic E-state index is 12.0. The van der Waals surface area contributed by atoms with E-state index in [9.17, 15) is 4.79 Å². The van der Waals surface area contributed by atoms with Crippen LogP contribution in [0.25, 0.3) is 0 Å². The van der Waals surface area contributed by atoms with Crippen LogP contribution in [0.4, 0.5) is 4.79 Å². The van der Waals surface area contributed by atoms with Gasteiger partial charge in [-0.05, 0) is 37.7 Å². The fraction of sp³-hybridized carbons (Fsp3) is 0.600. The van der Waals surface area contributed by atoms with Gasteiger partial charge in [0.25, 0.3) is 8.57 Å². The van der Waals surface area contributed by atoms with Gasteiger partial charge in [0.05, 0.1) is 0 Å². The minimum absolute atomic E-state index is 0.203. The second-order valence-electron chi connectivity index (χ2n) is 4.12. The van der Waals surface area contributed by atoms with Gasteiger partial charge >= 0.3 is 0 Å². The van der Waals surface area contributed by atoms with E-state index in [0.717, 1.165) is 0 Å². The largest absolute Gasteiger partial charge is 0.348 e. The third-order valence-electron chi connectivity index (χ3n) is 2.91. The molecule has 0 radical (unpaired) electrons. The molecule has 0 fully saturated rings. The third-order valence-corrected chi connectivity index (χ3v) is 8.55. The van der Waals surface area contributed by atoms with Gasteiger partial charge in [-0.1, -0.05) is 5.56 Å². The maximum atomic E-state index is 12.0. The molecule has 15 heavy (non-hydrogen) atoms. The Kier molecular flexibility index (Phi) is 3.67. The van der Waals surface area contributed by atoms with E-state index in [1.54, 1.807) is 4.90 Å². The standard InChI is InChI=1S/C10H18N2OSi2/c1-7-8(2)14(6)11-15(9(7)3)10(13)12(4)5/h1-6H3. The summed E-state index contributed by atoms with van der Waals surface area (Å²) in [7, 11) is 1.51. The first-order valence-corrected chi connectivity index (χ1v) is 8.41. The molecule has 1 amide bonds. The van der Waals surface area contributed by atoms with E-state index in [-0.39, 0.29) is 5.53 Å². The molecule has 0 bridgehead atoms. The average molecular weight is 238 g/mol. The molecule has 0 unspecified atom stereocenters. The summed E-state index contributed by atoms with van der Waals surface area (Å²) in [4.78, 5) is 13.6. The zero-order chi connectivity index (χ0) is 11.7. The molecule has 1 aromatic heterocycles. The summed E-state index contributed by atoms with van der Waals surface area (Å²) < 4.78 is 4.73. The molecular weight excluding hydrogens is 220 g/mol. The van der Waals surface area contributed by atoms with Crippen molar-refractivity contribution in [1.29, 1.82) is 0 Å². The first-order chi connectivity index (χ1) is 6.86. The lowest BCUT2D eigenvalue weighted by atomic mass is 10.3. The molecule has 0 spiro atoms. The van der Waals surface area contributed by atoms with Crippen LogP contribution in [0.3, 0.4) is 0 Å². The normalized spacial score (nSPS) is 10.3. The number of carbonyl (C=O) groups is 1. The van der Waals surface area contributed by atoms with Gasteiger partial charge in [0, 0.05) is 14.1 Å². The minimum atomic E-state index is -1.32. The van der Waals surface area contributed by atoms with Crippen LogP contribution in [0.2, 0.25) is 0 Å². The predicted octanol–water partition coefficient (Wildman–Crippen LogP) is 1.12. The fourth-order valence-corrected chi connectivity index (χ4v) is 6.69. The SMILES string of the molecule is Cc1c(C)[si](C)n[si](C(=O)N(C)C)c1C. The lowest BCUT2D eigenvalue weighted by molar-refractivity contribution is 0.239. The van der Waals surface area contributed by atoms with Crippen molar-refractivity contribution in [3.8, 4) is 0 Å². The van der Waals surface area contributed by atoms with E-state index in [1.807, 2.05) is 14.1 Å². The van der Waals surface area contributed by atoms with E-state index in [0.29, 0.717) is 0 Å². The van der Waals surface area contributed by atoms with E-state index in [4.69, 9.17) is 4.29 Å². The highest BCUT2D eigenvalue weighted by molar-refractivity contribution is 6.84. The Hall–Kier alpha value is -0.686. The van der Waals surface area contributed by atoms with Crippen molar-refractivity contribution < 1.29 is 4.79 Å². The zero-order valence-electron chi connectivity index (χ0n) is 10.3. The van der Waals surface area contributed by atoms with Gasteiger partial charge < -0.3 is 9.19 Å². The van der Waals surface area contributed by atoms with Crippen molar-refractivity contribution >= 4 is 22.7 Å². The summed E-state index contributed by atoms with van der Waals surface area (Å²) in [6, 6.07) is 0. The summed E-state index contributed by atoms with van der Waals surface area (Å²) >= 11 is 0. The van der Waals surface area contributed by atoms with Crippen molar-refractivity contribution in [2.24, 2.45) is 6.55 Å². The Morgan fingerprint density at radius 3 is 2.20 bits per heavy atom. The van der Waals surface area contributed by atoms with Crippen LogP contribution in [0, 0.1) is 20.8 Å². The predicted molar refractivity (Wildman–Crippen MR) is 65.8 cm³/mol. The summed E-state index contributed by atoms with van der Waals surface area (Å²) in [6.07, 6.45) is 0. The van der Waals surface area contributed by atoms with E-state index in [1.165, 1.54) is 15.9 Å². The Bertz CT molecular complexity index is 416. The molecule has 0 aliphatic rings. The van der Waals surface area contributed by atoms with Crippen molar-refractivity contribution in [3.05, 3.63) is 15.9 Å². The van der Waals surface area contributed by atoms with Gasteiger partial charge in [-0.3, -0.25) is 4.79 Å². The number of aromatic nitrogens is 1. The zero-order valence-corrected chi connectivity index (χ0v) is 12.3. The van der Waals surface area contributed by atoms with Crippen LogP contribution >= 0.6 is 0 Å². The van der Waals surface area contributed by atoms with E-state index in [2.05, 4.69) is 27.3 Å². The van der Waals surface area contributed by atoms with Crippen LogP contribution in [0.5, 0.6) is 0 Å². The lowest BCUT2D eigenvalue weighted by Crippen LogP contribution is -2.34. The average Bonchev–Trinajstić information content (AvgIpc) is 2.19. The van der Waals surface area contributed by atoms with E-state index < -0.39 is 17.1 Å². The van der Waals surface area contributed by atoms with Crippen molar-refractivity contribution in [2.75, 3.05) is 14.1 Å². The van der Waals surface area contributed by atoms with Crippen LogP contribution in [0.1, 0.15) is 15.9 Å². The molecule has 0 atom stereocenters. The second kappa shape index (κ2) is 4.44. The minimum Gasteiger partial charge on any atom is -0.348 e. The lowest BCUT2D eigenvalue weighted by Gasteiger charge is -2.15. The Labute approximate surface area is 94.4 Å². The van der Waals surface area contributed by atoms with Crippen molar-refractivity contribution in [3.63, 3.8) is 0 Å². The summed E-state index contributed by atoms with van der Waals surface area (Å²) in [5, 5.41) is 2.62. The van der Waals surface area contributed by atoms with Gasteiger partial charge in [-0.25, -0.2) is 0 Å². The Morgan fingerprint density at radius 2 is 1.73 bits per heavy atom. The molecule has 1 aromatic rings. The molecule has 3 nitrogen and oxygen atoms in total. The first kappa shape index (κ1) is 12.4. The summed E-state index contributed by atoms with van der Waals surface area (Å²) in [5.41, 5.74) is 1.53. The topological polar surface area (TPSA) is 33.2 Å². The molecule has 82 valence electrons. The number of carbonyl (C=O) groups excluding carboxylic acids is 1. The van der Waals surface area contributed by atoms with E-state index >= 15 is 0 Å². The summed E-state index contributed by atoms with van der Waals surface area (Å²) in [6.45, 7) is 8.51. The number of nitrogens with zero attached hydrogens (tertiary/aromatic N) is 2. The number of rotatable bonds is 1. The molecular formula is C10H18N2OSi2. The van der Waals surface area contributed by atoms with Gasteiger partial charge in [-0.2, -0.15) is 0 Å². The Balaban J connectivity index is 3.39. The highest BCUT2D eigenvalue weighted by Crippen LogP contribution is 2.08. The number of hydrogen-bond acceptors (Lipinski definition) is 2.